The molecule has 3 rings (SSSR count). The number of aliphatic hydroxyl groups is 2. The van der Waals surface area contributed by atoms with Crippen molar-refractivity contribution in [2.45, 2.75) is 25.0 Å². The van der Waals surface area contributed by atoms with Gasteiger partial charge in [0.05, 0.1) is 0 Å². The summed E-state index contributed by atoms with van der Waals surface area (Å²) < 4.78 is 0. The van der Waals surface area contributed by atoms with Gasteiger partial charge < -0.3 is 10.2 Å². The predicted octanol–water partition coefficient (Wildman–Crippen LogP) is 0.653. The zero-order valence-electron chi connectivity index (χ0n) is 6.33. The summed E-state index contributed by atoms with van der Waals surface area (Å²) in [6.07, 6.45) is 6.92. The lowest BCUT2D eigenvalue weighted by molar-refractivity contribution is -0.226. The number of allylic oxidation sites excluding steroid dienone is 2. The molecule has 1 spiro atoms. The van der Waals surface area contributed by atoms with Crippen molar-refractivity contribution < 1.29 is 10.2 Å². The maximum atomic E-state index is 9.52. The van der Waals surface area contributed by atoms with Crippen LogP contribution in [0.25, 0.3) is 0 Å². The molecule has 2 heteroatoms. The van der Waals surface area contributed by atoms with Crippen LogP contribution >= 0.6 is 0 Å². The molecule has 2 nitrogen and oxygen atoms in total. The summed E-state index contributed by atoms with van der Waals surface area (Å²) in [7, 11) is 0. The van der Waals surface area contributed by atoms with Crippen LogP contribution in [-0.4, -0.2) is 16.0 Å². The first-order valence-corrected chi connectivity index (χ1v) is 4.29. The van der Waals surface area contributed by atoms with Crippen LogP contribution in [0.1, 0.15) is 19.3 Å². The minimum absolute atomic E-state index is 0.144. The van der Waals surface area contributed by atoms with E-state index in [0.29, 0.717) is 12.3 Å². The van der Waals surface area contributed by atoms with Gasteiger partial charge in [0.15, 0.2) is 5.79 Å². The Bertz CT molecular complexity index is 244. The Labute approximate surface area is 65.5 Å². The van der Waals surface area contributed by atoms with Crippen LogP contribution in [0.3, 0.4) is 0 Å². The van der Waals surface area contributed by atoms with E-state index in [0.717, 1.165) is 12.8 Å². The molecule has 11 heavy (non-hydrogen) atoms. The number of rotatable bonds is 0. The molecule has 0 bridgehead atoms. The third kappa shape index (κ3) is 0.472. The maximum Gasteiger partial charge on any atom is 0.166 e. The Balaban J connectivity index is 2.01. The highest BCUT2D eigenvalue weighted by molar-refractivity contribution is 5.31. The van der Waals surface area contributed by atoms with Crippen molar-refractivity contribution in [3.8, 4) is 0 Å². The van der Waals surface area contributed by atoms with Gasteiger partial charge in [-0.05, 0) is 18.8 Å². The average Bonchev–Trinajstić information content (AvgIpc) is 2.16. The standard InChI is InChI=1S/C9H12O2/c10-9(11)4-3-8-2-1-6(8)5-7(8)9/h1-2,6-7,10-11H,3-5H2. The molecule has 3 aliphatic rings. The lowest BCUT2D eigenvalue weighted by atomic mass is 9.48. The summed E-state index contributed by atoms with van der Waals surface area (Å²) in [6.45, 7) is 0. The second-order valence-corrected chi connectivity index (χ2v) is 4.24. The van der Waals surface area contributed by atoms with Crippen LogP contribution in [0.15, 0.2) is 12.2 Å². The molecule has 2 N–H and O–H groups in total. The van der Waals surface area contributed by atoms with Gasteiger partial charge >= 0.3 is 0 Å². The minimum Gasteiger partial charge on any atom is -0.365 e. The molecular weight excluding hydrogens is 140 g/mol. The van der Waals surface area contributed by atoms with Crippen LogP contribution < -0.4 is 0 Å². The second kappa shape index (κ2) is 1.41. The van der Waals surface area contributed by atoms with Crippen molar-refractivity contribution in [1.29, 1.82) is 0 Å². The molecule has 0 aromatic carbocycles. The van der Waals surface area contributed by atoms with Gasteiger partial charge in [0, 0.05) is 17.8 Å². The highest BCUT2D eigenvalue weighted by Gasteiger charge is 2.67. The SMILES string of the molecule is OC1(O)CCC23C=CC2CC13. The van der Waals surface area contributed by atoms with Gasteiger partial charge in [-0.15, -0.1) is 0 Å². The van der Waals surface area contributed by atoms with Crippen molar-refractivity contribution in [2.24, 2.45) is 17.3 Å². The first-order chi connectivity index (χ1) is 5.15. The van der Waals surface area contributed by atoms with Crippen molar-refractivity contribution in [1.82, 2.24) is 0 Å². The molecule has 60 valence electrons. The third-order valence-corrected chi connectivity index (χ3v) is 3.95. The van der Waals surface area contributed by atoms with Gasteiger partial charge in [0.1, 0.15) is 0 Å². The van der Waals surface area contributed by atoms with E-state index in [9.17, 15) is 10.2 Å². The monoisotopic (exact) mass is 152 g/mol. The number of hydrogen-bond acceptors (Lipinski definition) is 2. The molecule has 0 radical (unpaired) electrons. The lowest BCUT2D eigenvalue weighted by Crippen LogP contribution is -2.55. The van der Waals surface area contributed by atoms with Gasteiger partial charge in [0.25, 0.3) is 0 Å². The predicted molar refractivity (Wildman–Crippen MR) is 39.6 cm³/mol. The molecule has 0 aromatic rings. The van der Waals surface area contributed by atoms with Crippen LogP contribution in [0.5, 0.6) is 0 Å². The van der Waals surface area contributed by atoms with Gasteiger partial charge in [-0.1, -0.05) is 12.2 Å². The first-order valence-electron chi connectivity index (χ1n) is 4.29. The summed E-state index contributed by atoms with van der Waals surface area (Å²) in [4.78, 5) is 0. The molecule has 0 heterocycles. The topological polar surface area (TPSA) is 40.5 Å². The van der Waals surface area contributed by atoms with Crippen LogP contribution in [0.4, 0.5) is 0 Å². The zero-order chi connectivity index (χ0) is 7.69. The normalized spacial score (nSPS) is 55.8. The Morgan fingerprint density at radius 3 is 2.45 bits per heavy atom. The van der Waals surface area contributed by atoms with Crippen molar-refractivity contribution in [3.05, 3.63) is 12.2 Å². The van der Waals surface area contributed by atoms with Crippen LogP contribution in [0.2, 0.25) is 0 Å². The largest absolute Gasteiger partial charge is 0.365 e. The highest BCUT2D eigenvalue weighted by atomic mass is 16.5. The summed E-state index contributed by atoms with van der Waals surface area (Å²) in [6, 6.07) is 0. The fourth-order valence-electron chi connectivity index (χ4n) is 3.10. The quantitative estimate of drug-likeness (QED) is 0.395. The minimum atomic E-state index is -1.35. The highest BCUT2D eigenvalue weighted by Crippen LogP contribution is 2.69. The van der Waals surface area contributed by atoms with Crippen molar-refractivity contribution >= 4 is 0 Å². The molecule has 0 amide bonds. The lowest BCUT2D eigenvalue weighted by Gasteiger charge is -2.57. The molecule has 3 unspecified atom stereocenters. The van der Waals surface area contributed by atoms with E-state index in [2.05, 4.69) is 12.2 Å². The smallest absolute Gasteiger partial charge is 0.166 e. The third-order valence-electron chi connectivity index (χ3n) is 3.95. The summed E-state index contributed by atoms with van der Waals surface area (Å²) in [5.74, 6) is -0.528. The van der Waals surface area contributed by atoms with Gasteiger partial charge in [-0.2, -0.15) is 0 Å². The van der Waals surface area contributed by atoms with E-state index in [4.69, 9.17) is 0 Å². The van der Waals surface area contributed by atoms with E-state index in [1.807, 2.05) is 0 Å². The average molecular weight is 152 g/mol. The van der Waals surface area contributed by atoms with E-state index >= 15 is 0 Å². The molecule has 0 aromatic heterocycles. The zero-order valence-corrected chi connectivity index (χ0v) is 6.33. The first kappa shape index (κ1) is 6.21. The van der Waals surface area contributed by atoms with Gasteiger partial charge in [0.2, 0.25) is 0 Å². The molecule has 0 saturated heterocycles. The Morgan fingerprint density at radius 1 is 1.27 bits per heavy atom. The Kier molecular flexibility index (Phi) is 0.796. The Morgan fingerprint density at radius 2 is 2.09 bits per heavy atom. The van der Waals surface area contributed by atoms with E-state index < -0.39 is 5.79 Å². The molecule has 3 atom stereocenters. The van der Waals surface area contributed by atoms with E-state index in [1.54, 1.807) is 0 Å². The van der Waals surface area contributed by atoms with E-state index in [-0.39, 0.29) is 11.3 Å². The fourth-order valence-corrected chi connectivity index (χ4v) is 3.10. The van der Waals surface area contributed by atoms with Crippen molar-refractivity contribution in [3.63, 3.8) is 0 Å². The maximum absolute atomic E-state index is 9.52. The molecule has 2 fully saturated rings. The van der Waals surface area contributed by atoms with Crippen LogP contribution in [0, 0.1) is 17.3 Å². The Hall–Kier alpha value is -0.340. The molecule has 3 aliphatic carbocycles. The molecular formula is C9H12O2. The van der Waals surface area contributed by atoms with E-state index in [1.165, 1.54) is 0 Å². The van der Waals surface area contributed by atoms with Crippen LogP contribution in [-0.2, 0) is 0 Å². The summed E-state index contributed by atoms with van der Waals surface area (Å²) in [5.41, 5.74) is 0.226. The molecule has 0 aliphatic heterocycles. The molecule has 2 saturated carbocycles. The second-order valence-electron chi connectivity index (χ2n) is 4.24. The van der Waals surface area contributed by atoms with Crippen molar-refractivity contribution in [2.75, 3.05) is 0 Å². The van der Waals surface area contributed by atoms with Gasteiger partial charge in [-0.25, -0.2) is 0 Å². The fraction of sp³-hybridized carbons (Fsp3) is 0.778. The number of hydrogen-bond donors (Lipinski definition) is 2. The van der Waals surface area contributed by atoms with Gasteiger partial charge in [-0.3, -0.25) is 0 Å². The summed E-state index contributed by atoms with van der Waals surface area (Å²) in [5, 5.41) is 19.0. The summed E-state index contributed by atoms with van der Waals surface area (Å²) >= 11 is 0.